The lowest BCUT2D eigenvalue weighted by Gasteiger charge is -2.18. The standard InChI is InChI=1S/C11H14O.C4H9N/c1-11(2,3)10-6-4-9(8-12)5-7-10;1-2-4-5-3-1/h4-8H,1-3H3;5H,1-4H2. The summed E-state index contributed by atoms with van der Waals surface area (Å²) in [5.41, 5.74) is 2.16. The highest BCUT2D eigenvalue weighted by Crippen LogP contribution is 2.21. The SMILES string of the molecule is C1CCNC1.CC(C)(C)c1ccc(C=O)cc1. The quantitative estimate of drug-likeness (QED) is 0.755. The van der Waals surface area contributed by atoms with Gasteiger partial charge < -0.3 is 5.32 Å². The van der Waals surface area contributed by atoms with Crippen molar-refractivity contribution < 1.29 is 4.79 Å². The smallest absolute Gasteiger partial charge is 0.150 e. The molecule has 1 aromatic carbocycles. The Labute approximate surface area is 104 Å². The van der Waals surface area contributed by atoms with Gasteiger partial charge in [0.1, 0.15) is 6.29 Å². The number of nitrogens with one attached hydrogen (secondary N) is 1. The normalized spacial score (nSPS) is 15.0. The Morgan fingerprint density at radius 3 is 1.88 bits per heavy atom. The Morgan fingerprint density at radius 1 is 1.06 bits per heavy atom. The minimum absolute atomic E-state index is 0.168. The summed E-state index contributed by atoms with van der Waals surface area (Å²) in [5.74, 6) is 0. The van der Waals surface area contributed by atoms with Crippen LogP contribution in [-0.4, -0.2) is 19.4 Å². The third-order valence-electron chi connectivity index (χ3n) is 2.87. The molecule has 0 unspecified atom stereocenters. The molecule has 2 rings (SSSR count). The van der Waals surface area contributed by atoms with Gasteiger partial charge in [-0.25, -0.2) is 0 Å². The van der Waals surface area contributed by atoms with E-state index in [9.17, 15) is 4.79 Å². The van der Waals surface area contributed by atoms with E-state index < -0.39 is 0 Å². The van der Waals surface area contributed by atoms with Crippen molar-refractivity contribution in [3.63, 3.8) is 0 Å². The van der Waals surface area contributed by atoms with E-state index in [0.29, 0.717) is 0 Å². The minimum Gasteiger partial charge on any atom is -0.317 e. The molecule has 2 nitrogen and oxygen atoms in total. The molecule has 0 aliphatic carbocycles. The molecule has 17 heavy (non-hydrogen) atoms. The molecule has 1 aliphatic rings. The van der Waals surface area contributed by atoms with Gasteiger partial charge in [-0.2, -0.15) is 0 Å². The predicted molar refractivity (Wildman–Crippen MR) is 72.6 cm³/mol. The Kier molecular flexibility index (Phi) is 5.36. The summed E-state index contributed by atoms with van der Waals surface area (Å²) < 4.78 is 0. The molecule has 0 bridgehead atoms. The fourth-order valence-corrected chi connectivity index (χ4v) is 1.69. The van der Waals surface area contributed by atoms with Gasteiger partial charge in [-0.1, -0.05) is 45.0 Å². The summed E-state index contributed by atoms with van der Waals surface area (Å²) in [6.07, 6.45) is 3.65. The van der Waals surface area contributed by atoms with Crippen LogP contribution in [0.15, 0.2) is 24.3 Å². The molecule has 0 saturated carbocycles. The Hall–Kier alpha value is -1.15. The highest BCUT2D eigenvalue weighted by atomic mass is 16.1. The van der Waals surface area contributed by atoms with Gasteiger partial charge in [0, 0.05) is 5.56 Å². The molecule has 1 N–H and O–H groups in total. The fraction of sp³-hybridized carbons (Fsp3) is 0.533. The third-order valence-corrected chi connectivity index (χ3v) is 2.87. The van der Waals surface area contributed by atoms with Crippen molar-refractivity contribution in [2.75, 3.05) is 13.1 Å². The Bertz CT molecular complexity index is 323. The molecular formula is C15H23NO. The summed E-state index contributed by atoms with van der Waals surface area (Å²) in [6.45, 7) is 8.97. The van der Waals surface area contributed by atoms with E-state index >= 15 is 0 Å². The van der Waals surface area contributed by atoms with Crippen molar-refractivity contribution in [1.82, 2.24) is 5.32 Å². The monoisotopic (exact) mass is 233 g/mol. The maximum absolute atomic E-state index is 10.4. The van der Waals surface area contributed by atoms with Crippen LogP contribution in [0.2, 0.25) is 0 Å². The molecule has 94 valence electrons. The van der Waals surface area contributed by atoms with E-state index in [-0.39, 0.29) is 5.41 Å². The number of benzene rings is 1. The highest BCUT2D eigenvalue weighted by Gasteiger charge is 2.12. The Balaban J connectivity index is 0.000000239. The fourth-order valence-electron chi connectivity index (χ4n) is 1.69. The zero-order chi connectivity index (χ0) is 12.7. The maximum atomic E-state index is 10.4. The Morgan fingerprint density at radius 2 is 1.59 bits per heavy atom. The molecule has 0 aromatic heterocycles. The molecule has 0 amide bonds. The van der Waals surface area contributed by atoms with Gasteiger partial charge in [0.2, 0.25) is 0 Å². The maximum Gasteiger partial charge on any atom is 0.150 e. The molecular weight excluding hydrogens is 210 g/mol. The summed E-state index contributed by atoms with van der Waals surface area (Å²) in [6, 6.07) is 7.72. The van der Waals surface area contributed by atoms with Crippen LogP contribution in [0.1, 0.15) is 49.5 Å². The molecule has 1 fully saturated rings. The highest BCUT2D eigenvalue weighted by molar-refractivity contribution is 5.74. The molecule has 1 aliphatic heterocycles. The van der Waals surface area contributed by atoms with Crippen molar-refractivity contribution in [3.05, 3.63) is 35.4 Å². The van der Waals surface area contributed by atoms with Crippen LogP contribution in [0.5, 0.6) is 0 Å². The third kappa shape index (κ3) is 5.14. The van der Waals surface area contributed by atoms with Gasteiger partial charge in [0.25, 0.3) is 0 Å². The van der Waals surface area contributed by atoms with E-state index in [1.54, 1.807) is 0 Å². The van der Waals surface area contributed by atoms with Gasteiger partial charge in [0.05, 0.1) is 0 Å². The van der Waals surface area contributed by atoms with E-state index in [1.807, 2.05) is 24.3 Å². The lowest BCUT2D eigenvalue weighted by molar-refractivity contribution is 0.112. The van der Waals surface area contributed by atoms with E-state index in [1.165, 1.54) is 31.5 Å². The van der Waals surface area contributed by atoms with Crippen molar-refractivity contribution in [1.29, 1.82) is 0 Å². The number of carbonyl (C=O) groups is 1. The van der Waals surface area contributed by atoms with Crippen LogP contribution in [0.3, 0.4) is 0 Å². The number of carbonyl (C=O) groups excluding carboxylic acids is 1. The van der Waals surface area contributed by atoms with Crippen LogP contribution in [0, 0.1) is 0 Å². The zero-order valence-electron chi connectivity index (χ0n) is 11.1. The average molecular weight is 233 g/mol. The van der Waals surface area contributed by atoms with Gasteiger partial charge in [-0.3, -0.25) is 4.79 Å². The molecule has 1 heterocycles. The van der Waals surface area contributed by atoms with E-state index in [4.69, 9.17) is 0 Å². The van der Waals surface area contributed by atoms with Crippen molar-refractivity contribution >= 4 is 6.29 Å². The second kappa shape index (κ2) is 6.55. The molecule has 1 saturated heterocycles. The molecule has 0 radical (unpaired) electrons. The first-order valence-electron chi connectivity index (χ1n) is 6.30. The zero-order valence-corrected chi connectivity index (χ0v) is 11.1. The van der Waals surface area contributed by atoms with Crippen molar-refractivity contribution in [3.8, 4) is 0 Å². The largest absolute Gasteiger partial charge is 0.317 e. The lowest BCUT2D eigenvalue weighted by Crippen LogP contribution is -2.10. The number of hydrogen-bond acceptors (Lipinski definition) is 2. The molecule has 0 atom stereocenters. The number of aldehydes is 1. The first kappa shape index (κ1) is 13.9. The van der Waals surface area contributed by atoms with Crippen LogP contribution < -0.4 is 5.32 Å². The van der Waals surface area contributed by atoms with Gasteiger partial charge >= 0.3 is 0 Å². The molecule has 0 spiro atoms. The minimum atomic E-state index is 0.168. The van der Waals surface area contributed by atoms with Crippen molar-refractivity contribution in [2.45, 2.75) is 39.0 Å². The first-order valence-corrected chi connectivity index (χ1v) is 6.30. The molecule has 2 heteroatoms. The van der Waals surface area contributed by atoms with Gasteiger partial charge in [0.15, 0.2) is 0 Å². The topological polar surface area (TPSA) is 29.1 Å². The predicted octanol–water partition coefficient (Wildman–Crippen LogP) is 3.17. The average Bonchev–Trinajstić information content (AvgIpc) is 2.86. The van der Waals surface area contributed by atoms with E-state index in [2.05, 4.69) is 26.1 Å². The van der Waals surface area contributed by atoms with Crippen LogP contribution in [0.25, 0.3) is 0 Å². The van der Waals surface area contributed by atoms with Crippen LogP contribution >= 0.6 is 0 Å². The van der Waals surface area contributed by atoms with Crippen LogP contribution in [-0.2, 0) is 5.41 Å². The summed E-state index contributed by atoms with van der Waals surface area (Å²) >= 11 is 0. The van der Waals surface area contributed by atoms with Crippen molar-refractivity contribution in [2.24, 2.45) is 0 Å². The number of rotatable bonds is 1. The van der Waals surface area contributed by atoms with E-state index in [0.717, 1.165) is 11.8 Å². The second-order valence-electron chi connectivity index (χ2n) is 5.45. The van der Waals surface area contributed by atoms with Crippen LogP contribution in [0.4, 0.5) is 0 Å². The molecule has 1 aromatic rings. The lowest BCUT2D eigenvalue weighted by atomic mass is 9.87. The first-order chi connectivity index (χ1) is 8.04. The summed E-state index contributed by atoms with van der Waals surface area (Å²) in [7, 11) is 0. The summed E-state index contributed by atoms with van der Waals surface area (Å²) in [5, 5.41) is 3.22. The second-order valence-corrected chi connectivity index (χ2v) is 5.45. The number of hydrogen-bond donors (Lipinski definition) is 1. The van der Waals surface area contributed by atoms with Gasteiger partial charge in [-0.15, -0.1) is 0 Å². The summed E-state index contributed by atoms with van der Waals surface area (Å²) in [4.78, 5) is 10.4. The van der Waals surface area contributed by atoms with Gasteiger partial charge in [-0.05, 0) is 36.9 Å².